The van der Waals surface area contributed by atoms with Crippen LogP contribution in [0.1, 0.15) is 24.8 Å². The second kappa shape index (κ2) is 4.91. The first-order chi connectivity index (χ1) is 7.72. The van der Waals surface area contributed by atoms with Crippen LogP contribution in [0, 0.1) is 5.82 Å². The third-order valence-corrected chi connectivity index (χ3v) is 3.18. The molecular weight excluding hydrogens is 205 g/mol. The van der Waals surface area contributed by atoms with E-state index in [-0.39, 0.29) is 17.8 Å². The summed E-state index contributed by atoms with van der Waals surface area (Å²) < 4.78 is 13.2. The molecule has 3 nitrogen and oxygen atoms in total. The average Bonchev–Trinajstić information content (AvgIpc) is 2.60. The summed E-state index contributed by atoms with van der Waals surface area (Å²) in [5, 5.41) is 0. The van der Waals surface area contributed by atoms with Gasteiger partial charge in [0.25, 0.3) is 0 Å². The van der Waals surface area contributed by atoms with Crippen molar-refractivity contribution >= 4 is 0 Å². The summed E-state index contributed by atoms with van der Waals surface area (Å²) in [4.78, 5) is 0. The van der Waals surface area contributed by atoms with Gasteiger partial charge in [-0.05, 0) is 37.6 Å². The van der Waals surface area contributed by atoms with Crippen LogP contribution in [0.25, 0.3) is 0 Å². The Labute approximate surface area is 95.2 Å². The highest BCUT2D eigenvalue weighted by Crippen LogP contribution is 2.28. The Morgan fingerprint density at radius 3 is 2.88 bits per heavy atom. The Kier molecular flexibility index (Phi) is 3.53. The highest BCUT2D eigenvalue weighted by molar-refractivity contribution is 5.25. The number of hydrogen-bond acceptors (Lipinski definition) is 3. The summed E-state index contributed by atoms with van der Waals surface area (Å²) in [5.74, 6) is 0.0994. The van der Waals surface area contributed by atoms with Gasteiger partial charge >= 0.3 is 0 Å². The van der Waals surface area contributed by atoms with E-state index in [0.29, 0.717) is 12.6 Å². The van der Waals surface area contributed by atoms with Crippen molar-refractivity contribution in [3.63, 3.8) is 0 Å². The van der Waals surface area contributed by atoms with Gasteiger partial charge in [-0.3, -0.25) is 10.9 Å². The fourth-order valence-electron chi connectivity index (χ4n) is 2.43. The quantitative estimate of drug-likeness (QED) is 0.720. The molecule has 88 valence electrons. The third kappa shape index (κ3) is 2.24. The monoisotopic (exact) mass is 223 g/mol. The maximum atomic E-state index is 13.2. The predicted molar refractivity (Wildman–Crippen MR) is 62.3 cm³/mol. The van der Waals surface area contributed by atoms with Crippen LogP contribution in [0.3, 0.4) is 0 Å². The Morgan fingerprint density at radius 1 is 1.38 bits per heavy atom. The van der Waals surface area contributed by atoms with Gasteiger partial charge in [-0.1, -0.05) is 12.1 Å². The van der Waals surface area contributed by atoms with Gasteiger partial charge in [0.15, 0.2) is 0 Å². The summed E-state index contributed by atoms with van der Waals surface area (Å²) in [6.07, 6.45) is 0.887. The molecule has 16 heavy (non-hydrogen) atoms. The van der Waals surface area contributed by atoms with Gasteiger partial charge < -0.3 is 5.73 Å². The lowest BCUT2D eigenvalue weighted by atomic mass is 9.86. The molecule has 3 unspecified atom stereocenters. The molecule has 1 aliphatic heterocycles. The maximum absolute atomic E-state index is 13.2. The molecule has 0 bridgehead atoms. The fraction of sp³-hybridized carbons (Fsp3) is 0.500. The van der Waals surface area contributed by atoms with Crippen LogP contribution in [0.15, 0.2) is 24.3 Å². The minimum absolute atomic E-state index is 0.178. The summed E-state index contributed by atoms with van der Waals surface area (Å²) in [7, 11) is 0. The molecule has 1 fully saturated rings. The molecule has 4 heteroatoms. The van der Waals surface area contributed by atoms with E-state index in [0.717, 1.165) is 12.0 Å². The van der Waals surface area contributed by atoms with Gasteiger partial charge in [-0.25, -0.2) is 4.39 Å². The van der Waals surface area contributed by atoms with Crippen molar-refractivity contribution in [2.75, 3.05) is 6.54 Å². The van der Waals surface area contributed by atoms with E-state index in [1.807, 2.05) is 6.07 Å². The highest BCUT2D eigenvalue weighted by atomic mass is 19.1. The lowest BCUT2D eigenvalue weighted by molar-refractivity contribution is 0.496. The van der Waals surface area contributed by atoms with Crippen molar-refractivity contribution < 1.29 is 4.39 Å². The first kappa shape index (κ1) is 11.5. The Morgan fingerprint density at radius 2 is 2.19 bits per heavy atom. The topological polar surface area (TPSA) is 50.1 Å². The molecule has 1 aromatic rings. The number of rotatable bonds is 3. The van der Waals surface area contributed by atoms with Crippen molar-refractivity contribution in [1.29, 1.82) is 0 Å². The van der Waals surface area contributed by atoms with Crippen LogP contribution in [0.2, 0.25) is 0 Å². The summed E-state index contributed by atoms with van der Waals surface area (Å²) >= 11 is 0. The van der Waals surface area contributed by atoms with Crippen LogP contribution in [-0.4, -0.2) is 18.6 Å². The van der Waals surface area contributed by atoms with Gasteiger partial charge in [0.1, 0.15) is 5.82 Å². The molecule has 4 N–H and O–H groups in total. The number of hydrazine groups is 1. The molecule has 3 atom stereocenters. The number of hydrogen-bond donors (Lipinski definition) is 3. The van der Waals surface area contributed by atoms with E-state index in [2.05, 4.69) is 17.8 Å². The molecule has 1 saturated heterocycles. The molecule has 0 amide bonds. The zero-order chi connectivity index (χ0) is 11.5. The van der Waals surface area contributed by atoms with Crippen LogP contribution in [0.4, 0.5) is 4.39 Å². The molecule has 1 heterocycles. The molecule has 0 aromatic heterocycles. The molecule has 0 aliphatic carbocycles. The van der Waals surface area contributed by atoms with Gasteiger partial charge in [-0.2, -0.15) is 0 Å². The third-order valence-electron chi connectivity index (χ3n) is 3.18. The Balaban J connectivity index is 2.22. The van der Waals surface area contributed by atoms with Crippen LogP contribution in [-0.2, 0) is 0 Å². The lowest BCUT2D eigenvalue weighted by Gasteiger charge is -2.20. The molecule has 0 radical (unpaired) electrons. The number of benzene rings is 1. The fourth-order valence-corrected chi connectivity index (χ4v) is 2.43. The van der Waals surface area contributed by atoms with Crippen LogP contribution in [0.5, 0.6) is 0 Å². The molecular formula is C12H18FN3. The SMILES string of the molecule is CC1NNC(CCN)C1c1cccc(F)c1. The first-order valence-corrected chi connectivity index (χ1v) is 5.69. The summed E-state index contributed by atoms with van der Waals surface area (Å²) in [6.45, 7) is 2.73. The van der Waals surface area contributed by atoms with E-state index in [1.54, 1.807) is 12.1 Å². The van der Waals surface area contributed by atoms with Crippen molar-refractivity contribution in [3.05, 3.63) is 35.6 Å². The highest BCUT2D eigenvalue weighted by Gasteiger charge is 2.33. The van der Waals surface area contributed by atoms with Gasteiger partial charge in [-0.15, -0.1) is 0 Å². The number of nitrogens with two attached hydrogens (primary N) is 1. The van der Waals surface area contributed by atoms with Crippen molar-refractivity contribution in [1.82, 2.24) is 10.9 Å². The van der Waals surface area contributed by atoms with Gasteiger partial charge in [0.05, 0.1) is 0 Å². The van der Waals surface area contributed by atoms with Gasteiger partial charge in [0.2, 0.25) is 0 Å². The van der Waals surface area contributed by atoms with E-state index in [9.17, 15) is 4.39 Å². The normalized spacial score (nSPS) is 29.6. The molecule has 2 rings (SSSR count). The van der Waals surface area contributed by atoms with Crippen molar-refractivity contribution in [2.24, 2.45) is 5.73 Å². The standard InChI is InChI=1S/C12H18FN3/c1-8-12(11(5-6-14)16-15-8)9-3-2-4-10(13)7-9/h2-4,7-8,11-12,15-16H,5-6,14H2,1H3. The zero-order valence-electron chi connectivity index (χ0n) is 9.41. The van der Waals surface area contributed by atoms with Crippen molar-refractivity contribution in [2.45, 2.75) is 31.3 Å². The second-order valence-corrected chi connectivity index (χ2v) is 4.34. The maximum Gasteiger partial charge on any atom is 0.123 e. The minimum Gasteiger partial charge on any atom is -0.330 e. The zero-order valence-corrected chi connectivity index (χ0v) is 9.41. The number of nitrogens with one attached hydrogen (secondary N) is 2. The van der Waals surface area contributed by atoms with Crippen molar-refractivity contribution in [3.8, 4) is 0 Å². The van der Waals surface area contributed by atoms with E-state index < -0.39 is 0 Å². The smallest absolute Gasteiger partial charge is 0.123 e. The molecule has 0 spiro atoms. The predicted octanol–water partition coefficient (Wildman–Crippen LogP) is 1.12. The van der Waals surface area contributed by atoms with E-state index in [1.165, 1.54) is 6.07 Å². The number of halogens is 1. The molecule has 1 aromatic carbocycles. The lowest BCUT2D eigenvalue weighted by Crippen LogP contribution is -2.33. The minimum atomic E-state index is -0.178. The summed E-state index contributed by atoms with van der Waals surface area (Å²) in [5.41, 5.74) is 13.0. The first-order valence-electron chi connectivity index (χ1n) is 5.69. The average molecular weight is 223 g/mol. The van der Waals surface area contributed by atoms with Gasteiger partial charge in [0, 0.05) is 18.0 Å². The van der Waals surface area contributed by atoms with Crippen LogP contribution >= 0.6 is 0 Å². The summed E-state index contributed by atoms with van der Waals surface area (Å²) in [6, 6.07) is 7.39. The molecule has 1 aliphatic rings. The van der Waals surface area contributed by atoms with Crippen LogP contribution < -0.4 is 16.6 Å². The van der Waals surface area contributed by atoms with E-state index in [4.69, 9.17) is 5.73 Å². The second-order valence-electron chi connectivity index (χ2n) is 4.34. The largest absolute Gasteiger partial charge is 0.330 e. The molecule has 0 saturated carbocycles. The Hall–Kier alpha value is -0.970. The van der Waals surface area contributed by atoms with E-state index >= 15 is 0 Å². The Bertz CT molecular complexity index is 354.